The Balaban J connectivity index is 2.76. The van der Waals surface area contributed by atoms with E-state index in [4.69, 9.17) is 10.6 Å². The minimum Gasteiger partial charge on any atom is -0.392 e. The van der Waals surface area contributed by atoms with Crippen LogP contribution in [0.3, 0.4) is 0 Å². The van der Waals surface area contributed by atoms with E-state index in [1.54, 1.807) is 13.1 Å². The number of guanidine groups is 1. The van der Waals surface area contributed by atoms with Gasteiger partial charge in [0.2, 0.25) is 0 Å². The van der Waals surface area contributed by atoms with Gasteiger partial charge in [-0.1, -0.05) is 6.07 Å². The van der Waals surface area contributed by atoms with Crippen LogP contribution in [0.5, 0.6) is 0 Å². The molecule has 9 heteroatoms. The largest absolute Gasteiger partial charge is 0.392 e. The Morgan fingerprint density at radius 3 is 2.78 bits per heavy atom. The Bertz CT molecular complexity index is 691. The van der Waals surface area contributed by atoms with Gasteiger partial charge in [-0.25, -0.2) is 4.21 Å². The maximum absolute atomic E-state index is 12.6. The van der Waals surface area contributed by atoms with Crippen molar-refractivity contribution < 1.29 is 17.8 Å². The van der Waals surface area contributed by atoms with Crippen molar-refractivity contribution in [3.8, 4) is 0 Å². The van der Waals surface area contributed by atoms with E-state index in [0.717, 1.165) is 11.3 Å². The Labute approximate surface area is 134 Å². The van der Waals surface area contributed by atoms with E-state index in [1.165, 1.54) is 6.26 Å². The molecule has 0 aromatic carbocycles. The van der Waals surface area contributed by atoms with Crippen LogP contribution >= 0.6 is 0 Å². The van der Waals surface area contributed by atoms with Gasteiger partial charge in [0.05, 0.1) is 15.0 Å². The summed E-state index contributed by atoms with van der Waals surface area (Å²) in [6.07, 6.45) is 2.01. The fourth-order valence-corrected chi connectivity index (χ4v) is 2.79. The molecule has 0 saturated carbocycles. The summed E-state index contributed by atoms with van der Waals surface area (Å²) < 4.78 is 40.1. The van der Waals surface area contributed by atoms with E-state index in [9.17, 15) is 13.0 Å². The number of nitrogens with two attached hydrogens (primary N) is 1. The van der Waals surface area contributed by atoms with Crippen LogP contribution in [0.2, 0.25) is 0 Å². The van der Waals surface area contributed by atoms with E-state index in [-0.39, 0.29) is 19.0 Å². The number of hydrogen-bond donors (Lipinski definition) is 1. The van der Waals surface area contributed by atoms with Crippen LogP contribution in [0.25, 0.3) is 0 Å². The molecule has 1 aromatic heterocycles. The fourth-order valence-electron chi connectivity index (χ4n) is 1.59. The van der Waals surface area contributed by atoms with Crippen molar-refractivity contribution >= 4 is 15.7 Å². The van der Waals surface area contributed by atoms with E-state index < -0.39 is 21.1 Å². The molecule has 1 heterocycles. The second-order valence-electron chi connectivity index (χ2n) is 4.89. The van der Waals surface area contributed by atoms with Crippen molar-refractivity contribution in [3.05, 3.63) is 41.7 Å². The number of aromatic nitrogens is 1. The molecule has 0 amide bonds. The van der Waals surface area contributed by atoms with Gasteiger partial charge < -0.3 is 10.6 Å². The normalized spacial score (nSPS) is 15.4. The van der Waals surface area contributed by atoms with Gasteiger partial charge in [-0.05, 0) is 36.7 Å². The Morgan fingerprint density at radius 2 is 2.22 bits per heavy atom. The molecule has 0 aliphatic heterocycles. The highest BCUT2D eigenvalue weighted by atomic mass is 32.2. The maximum atomic E-state index is 12.6. The van der Waals surface area contributed by atoms with Crippen molar-refractivity contribution in [2.45, 2.75) is 25.5 Å². The first kappa shape index (κ1) is 19.0. The zero-order valence-electron chi connectivity index (χ0n) is 13.2. The van der Waals surface area contributed by atoms with Gasteiger partial charge in [-0.2, -0.15) is 13.1 Å². The number of halogens is 2. The van der Waals surface area contributed by atoms with Gasteiger partial charge in [0.15, 0.2) is 0 Å². The molecule has 6 nitrogen and oxygen atoms in total. The zero-order chi connectivity index (χ0) is 17.5. The summed E-state index contributed by atoms with van der Waals surface area (Å²) in [6.45, 7) is 3.53. The molecular formula is C14H20F2N4O2S. The summed E-state index contributed by atoms with van der Waals surface area (Å²) >= 11 is 0. The van der Waals surface area contributed by atoms with Crippen LogP contribution in [-0.2, 0) is 14.6 Å². The molecule has 0 saturated heterocycles. The monoisotopic (exact) mass is 346 g/mol. The number of oxime groups is 1. The summed E-state index contributed by atoms with van der Waals surface area (Å²) in [4.78, 5) is 8.90. The third-order valence-corrected chi connectivity index (χ3v) is 5.13. The standard InChI is InChI=1S/C14H20F2N4O2S/c1-10-6-7-12(9-18-10)11(2)23(3,21)20-14(17)19-22-8-4-5-13(15)16/h5-7,9,11H,4,8H2,1-3H3,(H2,17,19). The molecule has 0 fully saturated rings. The lowest BCUT2D eigenvalue weighted by molar-refractivity contribution is 0.147. The highest BCUT2D eigenvalue weighted by Gasteiger charge is 2.17. The Hall–Kier alpha value is -2.03. The molecule has 0 aliphatic rings. The van der Waals surface area contributed by atoms with Crippen molar-refractivity contribution in [3.63, 3.8) is 0 Å². The topological polar surface area (TPSA) is 89.9 Å². The first-order valence-corrected chi connectivity index (χ1v) is 8.81. The van der Waals surface area contributed by atoms with Crippen LogP contribution in [0.1, 0.15) is 29.9 Å². The van der Waals surface area contributed by atoms with Gasteiger partial charge in [0.1, 0.15) is 6.61 Å². The number of hydrogen-bond acceptors (Lipinski definition) is 4. The molecule has 1 aromatic rings. The summed E-state index contributed by atoms with van der Waals surface area (Å²) in [6, 6.07) is 3.65. The van der Waals surface area contributed by atoms with E-state index in [2.05, 4.69) is 14.5 Å². The molecule has 23 heavy (non-hydrogen) atoms. The summed E-state index contributed by atoms with van der Waals surface area (Å²) in [5, 5.41) is 3.05. The third-order valence-electron chi connectivity index (χ3n) is 3.00. The van der Waals surface area contributed by atoms with Crippen LogP contribution in [0.15, 0.2) is 40.0 Å². The van der Waals surface area contributed by atoms with Crippen molar-refractivity contribution in [1.82, 2.24) is 4.98 Å². The van der Waals surface area contributed by atoms with Crippen LogP contribution in [0, 0.1) is 6.92 Å². The Morgan fingerprint density at radius 1 is 1.52 bits per heavy atom. The first-order valence-electron chi connectivity index (χ1n) is 6.82. The van der Waals surface area contributed by atoms with Gasteiger partial charge in [-0.15, -0.1) is 0 Å². The minimum absolute atomic E-state index is 0.00788. The quantitative estimate of drug-likeness (QED) is 0.371. The van der Waals surface area contributed by atoms with Crippen LogP contribution in [0.4, 0.5) is 8.78 Å². The lowest BCUT2D eigenvalue weighted by Gasteiger charge is -2.13. The molecule has 0 aliphatic carbocycles. The average molecular weight is 346 g/mol. The van der Waals surface area contributed by atoms with E-state index in [1.807, 2.05) is 19.1 Å². The number of aryl methyl sites for hydroxylation is 1. The predicted molar refractivity (Wildman–Crippen MR) is 86.4 cm³/mol. The van der Waals surface area contributed by atoms with Gasteiger partial charge in [0.25, 0.3) is 12.0 Å². The summed E-state index contributed by atoms with van der Waals surface area (Å²) in [5.74, 6) is -0.297. The Kier molecular flexibility index (Phi) is 7.08. The second kappa shape index (κ2) is 8.56. The summed E-state index contributed by atoms with van der Waals surface area (Å²) in [7, 11) is -2.71. The zero-order valence-corrected chi connectivity index (χ0v) is 14.0. The molecule has 2 unspecified atom stereocenters. The lowest BCUT2D eigenvalue weighted by atomic mass is 10.2. The van der Waals surface area contributed by atoms with Crippen LogP contribution in [-0.4, -0.2) is 28.0 Å². The fraction of sp³-hybridized carbons (Fsp3) is 0.429. The third kappa shape index (κ3) is 6.72. The summed E-state index contributed by atoms with van der Waals surface area (Å²) in [5.41, 5.74) is 7.16. The molecule has 0 radical (unpaired) electrons. The van der Waals surface area contributed by atoms with Crippen molar-refractivity contribution in [2.75, 3.05) is 12.9 Å². The van der Waals surface area contributed by atoms with E-state index >= 15 is 0 Å². The highest BCUT2D eigenvalue weighted by Crippen LogP contribution is 2.22. The average Bonchev–Trinajstić information content (AvgIpc) is 2.46. The second-order valence-corrected chi connectivity index (χ2v) is 7.50. The SMILES string of the molecule is Cc1ccc(C(C)S(C)(=O)=N/C(N)=N/OCCC=C(F)F)cn1. The first-order chi connectivity index (χ1) is 10.7. The number of rotatable bonds is 6. The number of nitrogens with zero attached hydrogens (tertiary/aromatic N) is 3. The highest BCUT2D eigenvalue weighted by molar-refractivity contribution is 7.93. The molecule has 2 atom stereocenters. The van der Waals surface area contributed by atoms with Gasteiger partial charge in [0, 0.05) is 24.6 Å². The predicted octanol–water partition coefficient (Wildman–Crippen LogP) is 2.97. The smallest absolute Gasteiger partial charge is 0.266 e. The molecule has 2 N–H and O–H groups in total. The molecule has 128 valence electrons. The molecule has 1 rings (SSSR count). The molecular weight excluding hydrogens is 326 g/mol. The maximum Gasteiger partial charge on any atom is 0.266 e. The van der Waals surface area contributed by atoms with Gasteiger partial charge in [-0.3, -0.25) is 4.98 Å². The van der Waals surface area contributed by atoms with E-state index in [0.29, 0.717) is 6.08 Å². The minimum atomic E-state index is -2.71. The van der Waals surface area contributed by atoms with Crippen molar-refractivity contribution in [2.24, 2.45) is 15.3 Å². The van der Waals surface area contributed by atoms with Gasteiger partial charge >= 0.3 is 0 Å². The van der Waals surface area contributed by atoms with Crippen LogP contribution < -0.4 is 5.73 Å². The molecule has 0 bridgehead atoms. The lowest BCUT2D eigenvalue weighted by Crippen LogP contribution is -2.16. The van der Waals surface area contributed by atoms with Crippen molar-refractivity contribution in [1.29, 1.82) is 0 Å². The molecule has 0 spiro atoms. The number of pyridine rings is 1.